The largest absolute Gasteiger partial charge is 0.393 e. The molecule has 8 nitrogen and oxygen atoms in total. The van der Waals surface area contributed by atoms with Crippen LogP contribution in [0.15, 0.2) is 6.07 Å². The molecule has 0 unspecified atom stereocenters. The van der Waals surface area contributed by atoms with Crippen molar-refractivity contribution < 1.29 is 14.6 Å². The second-order valence-electron chi connectivity index (χ2n) is 13.1. The van der Waals surface area contributed by atoms with Crippen molar-refractivity contribution in [3.8, 4) is 0 Å². The first kappa shape index (κ1) is 29.2. The molecule has 214 valence electrons. The van der Waals surface area contributed by atoms with Crippen LogP contribution in [-0.2, 0) is 21.4 Å². The summed E-state index contributed by atoms with van der Waals surface area (Å²) in [6.07, 6.45) is 9.35. The van der Waals surface area contributed by atoms with Crippen LogP contribution in [0.5, 0.6) is 0 Å². The van der Waals surface area contributed by atoms with Gasteiger partial charge in [0, 0.05) is 56.9 Å². The Balaban J connectivity index is 1.25. The minimum atomic E-state index is -0.377. The van der Waals surface area contributed by atoms with Crippen molar-refractivity contribution in [2.24, 2.45) is 23.0 Å². The van der Waals surface area contributed by atoms with Crippen LogP contribution < -0.4 is 10.6 Å². The zero-order valence-corrected chi connectivity index (χ0v) is 24.3. The van der Waals surface area contributed by atoms with Gasteiger partial charge in [0.2, 0.25) is 5.91 Å². The highest BCUT2D eigenvalue weighted by molar-refractivity contribution is 5.81. The van der Waals surface area contributed by atoms with Gasteiger partial charge < -0.3 is 20.5 Å². The van der Waals surface area contributed by atoms with Gasteiger partial charge >= 0.3 is 0 Å². The molecule has 1 aliphatic heterocycles. The topological polar surface area (TPSA) is 105 Å². The van der Waals surface area contributed by atoms with Crippen LogP contribution >= 0.6 is 0 Å². The number of ether oxygens (including phenoxy) is 1. The Labute approximate surface area is 229 Å². The van der Waals surface area contributed by atoms with E-state index in [1.54, 1.807) is 7.11 Å². The van der Waals surface area contributed by atoms with Gasteiger partial charge in [-0.1, -0.05) is 33.6 Å². The van der Waals surface area contributed by atoms with Crippen molar-refractivity contribution in [2.75, 3.05) is 51.3 Å². The lowest BCUT2D eigenvalue weighted by molar-refractivity contribution is -0.136. The smallest absolute Gasteiger partial charge is 0.223 e. The van der Waals surface area contributed by atoms with Gasteiger partial charge in [-0.2, -0.15) is 0 Å². The predicted octanol–water partition coefficient (Wildman–Crippen LogP) is 3.69. The Hall–Kier alpha value is -1.77. The van der Waals surface area contributed by atoms with Gasteiger partial charge in [0.15, 0.2) is 0 Å². The van der Waals surface area contributed by atoms with E-state index in [0.717, 1.165) is 101 Å². The van der Waals surface area contributed by atoms with Gasteiger partial charge in [-0.05, 0) is 63.3 Å². The molecular formula is C30H51N5O3. The zero-order chi connectivity index (χ0) is 27.3. The third kappa shape index (κ3) is 7.05. The number of primary amides is 1. The molecule has 1 aromatic heterocycles. The molecule has 4 rings (SSSR count). The number of aliphatic hydroxyl groups is 1. The van der Waals surface area contributed by atoms with Gasteiger partial charge in [0.1, 0.15) is 11.6 Å². The van der Waals surface area contributed by atoms with E-state index in [0.29, 0.717) is 12.5 Å². The quantitative estimate of drug-likeness (QED) is 0.503. The van der Waals surface area contributed by atoms with Gasteiger partial charge in [-0.25, -0.2) is 9.97 Å². The number of methoxy groups -OCH3 is 1. The van der Waals surface area contributed by atoms with Crippen molar-refractivity contribution >= 4 is 11.7 Å². The fourth-order valence-electron chi connectivity index (χ4n) is 6.86. The first-order chi connectivity index (χ1) is 18.1. The van der Waals surface area contributed by atoms with Crippen LogP contribution in [0.1, 0.15) is 90.1 Å². The van der Waals surface area contributed by atoms with Crippen LogP contribution in [-0.4, -0.2) is 78.4 Å². The number of carbonyl (C=O) groups excluding carboxylic acids is 1. The average Bonchev–Trinajstić information content (AvgIpc) is 2.91. The monoisotopic (exact) mass is 529 g/mol. The van der Waals surface area contributed by atoms with E-state index in [1.807, 2.05) is 0 Å². The third-order valence-corrected chi connectivity index (χ3v) is 9.51. The van der Waals surface area contributed by atoms with E-state index >= 15 is 0 Å². The normalized spacial score (nSPS) is 29.4. The lowest BCUT2D eigenvalue weighted by Gasteiger charge is -2.45. The van der Waals surface area contributed by atoms with Gasteiger partial charge in [-0.3, -0.25) is 9.69 Å². The summed E-state index contributed by atoms with van der Waals surface area (Å²) in [5, 5.41) is 9.96. The number of nitrogens with zero attached hydrogens (tertiary/aromatic N) is 4. The van der Waals surface area contributed by atoms with E-state index in [4.69, 9.17) is 20.4 Å². The maximum Gasteiger partial charge on any atom is 0.223 e. The highest BCUT2D eigenvalue weighted by Gasteiger charge is 2.47. The maximum atomic E-state index is 12.5. The van der Waals surface area contributed by atoms with Gasteiger partial charge in [-0.15, -0.1) is 0 Å². The molecule has 1 amide bonds. The van der Waals surface area contributed by atoms with Gasteiger partial charge in [0.25, 0.3) is 0 Å². The Bertz CT molecular complexity index is 909. The van der Waals surface area contributed by atoms with Crippen LogP contribution in [0.3, 0.4) is 0 Å². The standard InChI is InChI=1S/C30H51N5O3/c1-29(2,3)28-32-24(12-20-38-4)21-26(33-28)35-18-16-34(17-19-35)15-11-22-5-7-23(8-6-22)30(27(31)37)13-9-25(36)10-14-30/h21-23,25,36H,5-20H2,1-4H3,(H2,31,37). The summed E-state index contributed by atoms with van der Waals surface area (Å²) in [6.45, 7) is 12.4. The number of anilines is 1. The van der Waals surface area contributed by atoms with Crippen LogP contribution in [0.25, 0.3) is 0 Å². The Morgan fingerprint density at radius 2 is 1.74 bits per heavy atom. The van der Waals surface area contributed by atoms with E-state index < -0.39 is 0 Å². The molecule has 3 fully saturated rings. The molecule has 2 heterocycles. The number of nitrogens with two attached hydrogens (primary N) is 1. The molecule has 2 saturated carbocycles. The molecule has 1 saturated heterocycles. The number of carbonyl (C=O) groups is 1. The fourth-order valence-corrected chi connectivity index (χ4v) is 6.86. The molecular weight excluding hydrogens is 478 g/mol. The number of hydrogen-bond donors (Lipinski definition) is 2. The van der Waals surface area contributed by atoms with E-state index in [2.05, 4.69) is 36.6 Å². The lowest BCUT2D eigenvalue weighted by atomic mass is 9.59. The molecule has 0 atom stereocenters. The highest BCUT2D eigenvalue weighted by atomic mass is 16.5. The summed E-state index contributed by atoms with van der Waals surface area (Å²) in [5.74, 6) is 2.96. The number of hydrogen-bond acceptors (Lipinski definition) is 7. The molecule has 38 heavy (non-hydrogen) atoms. The number of aromatic nitrogens is 2. The van der Waals surface area contributed by atoms with Crippen molar-refractivity contribution in [1.29, 1.82) is 0 Å². The second-order valence-corrected chi connectivity index (χ2v) is 13.1. The first-order valence-corrected chi connectivity index (χ1v) is 14.9. The maximum absolute atomic E-state index is 12.5. The minimum Gasteiger partial charge on any atom is -0.393 e. The summed E-state index contributed by atoms with van der Waals surface area (Å²) in [5.41, 5.74) is 6.53. The average molecular weight is 530 g/mol. The molecule has 0 aromatic carbocycles. The van der Waals surface area contributed by atoms with Crippen LogP contribution in [0.4, 0.5) is 5.82 Å². The molecule has 2 aliphatic carbocycles. The number of amides is 1. The summed E-state index contributed by atoms with van der Waals surface area (Å²) < 4.78 is 5.29. The molecule has 0 spiro atoms. The number of rotatable bonds is 9. The molecule has 3 aliphatic rings. The molecule has 8 heteroatoms. The van der Waals surface area contributed by atoms with Crippen LogP contribution in [0, 0.1) is 17.3 Å². The number of piperazine rings is 1. The predicted molar refractivity (Wildman–Crippen MR) is 151 cm³/mol. The first-order valence-electron chi connectivity index (χ1n) is 14.9. The van der Waals surface area contributed by atoms with E-state index in [-0.39, 0.29) is 22.8 Å². The van der Waals surface area contributed by atoms with Crippen molar-refractivity contribution in [1.82, 2.24) is 14.9 Å². The van der Waals surface area contributed by atoms with Crippen LogP contribution in [0.2, 0.25) is 0 Å². The zero-order valence-electron chi connectivity index (χ0n) is 24.3. The lowest BCUT2D eigenvalue weighted by Crippen LogP contribution is -2.48. The van der Waals surface area contributed by atoms with Crippen molar-refractivity contribution in [3.05, 3.63) is 17.6 Å². The molecule has 0 bridgehead atoms. The van der Waals surface area contributed by atoms with Crippen molar-refractivity contribution in [2.45, 2.75) is 96.5 Å². The Morgan fingerprint density at radius 3 is 2.32 bits per heavy atom. The fraction of sp³-hybridized carbons (Fsp3) is 0.833. The molecule has 0 radical (unpaired) electrons. The Kier molecular flexibility index (Phi) is 9.69. The summed E-state index contributed by atoms with van der Waals surface area (Å²) >= 11 is 0. The summed E-state index contributed by atoms with van der Waals surface area (Å²) in [6, 6.07) is 2.15. The highest BCUT2D eigenvalue weighted by Crippen LogP contribution is 2.49. The summed E-state index contributed by atoms with van der Waals surface area (Å²) in [7, 11) is 1.73. The second kappa shape index (κ2) is 12.6. The molecule has 3 N–H and O–H groups in total. The van der Waals surface area contributed by atoms with Gasteiger partial charge in [0.05, 0.1) is 18.1 Å². The Morgan fingerprint density at radius 1 is 1.08 bits per heavy atom. The SMILES string of the molecule is COCCc1cc(N2CCN(CCC3CCC(C4(C(N)=O)CCC(O)CC4)CC3)CC2)nc(C(C)(C)C)n1. The minimum absolute atomic E-state index is 0.0893. The third-order valence-electron chi connectivity index (χ3n) is 9.51. The van der Waals surface area contributed by atoms with E-state index in [1.165, 1.54) is 19.3 Å². The molecule has 1 aromatic rings. The van der Waals surface area contributed by atoms with E-state index in [9.17, 15) is 9.90 Å². The van der Waals surface area contributed by atoms with Crippen molar-refractivity contribution in [3.63, 3.8) is 0 Å². The summed E-state index contributed by atoms with van der Waals surface area (Å²) in [4.78, 5) is 27.3. The number of aliphatic hydroxyl groups excluding tert-OH is 1.